The van der Waals surface area contributed by atoms with Gasteiger partial charge in [-0.2, -0.15) is 0 Å². The van der Waals surface area contributed by atoms with Crippen LogP contribution in [0.25, 0.3) is 22.0 Å². The average Bonchev–Trinajstić information content (AvgIpc) is 2.80. The largest absolute Gasteiger partial charge is 0.508 e. The highest BCUT2D eigenvalue weighted by molar-refractivity contribution is 7.89. The van der Waals surface area contributed by atoms with Gasteiger partial charge in [0.15, 0.2) is 5.82 Å². The van der Waals surface area contributed by atoms with E-state index in [9.17, 15) is 13.5 Å². The van der Waals surface area contributed by atoms with Crippen LogP contribution in [0.5, 0.6) is 5.75 Å². The molecule has 0 unspecified atom stereocenters. The molecular weight excluding hydrogens is 428 g/mol. The number of sulfonamides is 1. The Bertz CT molecular complexity index is 1370. The number of anilines is 2. The number of hydrogen-bond donors (Lipinski definition) is 4. The second-order valence-electron chi connectivity index (χ2n) is 7.22. The highest BCUT2D eigenvalue weighted by Gasteiger charge is 2.19. The Labute approximate surface area is 185 Å². The number of nitrogens with one attached hydrogen (secondary N) is 2. The molecule has 4 N–H and O–H groups in total. The molecule has 164 valence electrons. The van der Waals surface area contributed by atoms with Gasteiger partial charge < -0.3 is 15.5 Å². The first-order valence-electron chi connectivity index (χ1n) is 9.92. The van der Waals surface area contributed by atoms with Gasteiger partial charge in [-0.15, -0.1) is 10.2 Å². The quantitative estimate of drug-likeness (QED) is 0.318. The van der Waals surface area contributed by atoms with Crippen LogP contribution >= 0.6 is 0 Å². The molecule has 1 aromatic heterocycles. The minimum Gasteiger partial charge on any atom is -0.508 e. The van der Waals surface area contributed by atoms with Crippen molar-refractivity contribution in [2.24, 2.45) is 0 Å². The summed E-state index contributed by atoms with van der Waals surface area (Å²) in [4.78, 5) is 0.126. The zero-order valence-electron chi connectivity index (χ0n) is 17.3. The molecule has 9 heteroatoms. The molecule has 4 aromatic rings. The van der Waals surface area contributed by atoms with Gasteiger partial charge in [-0.3, -0.25) is 0 Å². The van der Waals surface area contributed by atoms with E-state index in [2.05, 4.69) is 20.2 Å². The monoisotopic (exact) mass is 450 g/mol. The summed E-state index contributed by atoms with van der Waals surface area (Å²) in [6.07, 6.45) is 0. The predicted octanol–water partition coefficient (Wildman–Crippen LogP) is 3.33. The summed E-state index contributed by atoms with van der Waals surface area (Å²) in [5.41, 5.74) is 2.49. The van der Waals surface area contributed by atoms with Gasteiger partial charge in [0.1, 0.15) is 11.4 Å². The molecule has 0 aliphatic rings. The predicted molar refractivity (Wildman–Crippen MR) is 123 cm³/mol. The van der Waals surface area contributed by atoms with Crippen molar-refractivity contribution >= 4 is 32.3 Å². The maximum absolute atomic E-state index is 12.7. The van der Waals surface area contributed by atoms with Gasteiger partial charge in [0, 0.05) is 28.6 Å². The lowest BCUT2D eigenvalue weighted by Crippen LogP contribution is -2.27. The SMILES string of the molecule is Cc1ccc(-c2nnc(Nc3ccc(O)cc3)c3ccccc23)cc1S(=O)(=O)NCCO. The Morgan fingerprint density at radius 3 is 2.38 bits per heavy atom. The summed E-state index contributed by atoms with van der Waals surface area (Å²) in [7, 11) is -3.78. The number of aliphatic hydroxyl groups is 1. The van der Waals surface area contributed by atoms with Crippen LogP contribution in [0.4, 0.5) is 11.5 Å². The lowest BCUT2D eigenvalue weighted by Gasteiger charge is -2.13. The Morgan fingerprint density at radius 1 is 0.938 bits per heavy atom. The van der Waals surface area contributed by atoms with E-state index in [0.717, 1.165) is 16.5 Å². The van der Waals surface area contributed by atoms with Crippen LogP contribution in [0, 0.1) is 6.92 Å². The number of aromatic nitrogens is 2. The van der Waals surface area contributed by atoms with Gasteiger partial charge in [-0.1, -0.05) is 36.4 Å². The molecule has 0 radical (unpaired) electrons. The number of aliphatic hydroxyl groups excluding tert-OH is 1. The first-order valence-corrected chi connectivity index (χ1v) is 11.4. The standard InChI is InChI=1S/C23H22N4O4S/c1-15-6-7-16(14-21(15)32(30,31)24-12-13-28)22-19-4-2-3-5-20(19)23(27-26-22)25-17-8-10-18(29)11-9-17/h2-11,14,24,28-29H,12-13H2,1H3,(H,25,27). The van der Waals surface area contributed by atoms with E-state index in [1.165, 1.54) is 0 Å². The zero-order valence-corrected chi connectivity index (χ0v) is 18.1. The highest BCUT2D eigenvalue weighted by atomic mass is 32.2. The van der Waals surface area contributed by atoms with E-state index >= 15 is 0 Å². The number of phenolic OH excluding ortho intramolecular Hbond substituents is 1. The van der Waals surface area contributed by atoms with Crippen molar-refractivity contribution in [1.82, 2.24) is 14.9 Å². The van der Waals surface area contributed by atoms with Gasteiger partial charge >= 0.3 is 0 Å². The van der Waals surface area contributed by atoms with E-state index in [1.54, 1.807) is 43.3 Å². The number of nitrogens with zero attached hydrogens (tertiary/aromatic N) is 2. The maximum atomic E-state index is 12.7. The Balaban J connectivity index is 1.79. The third-order valence-corrected chi connectivity index (χ3v) is 6.58. The van der Waals surface area contributed by atoms with Crippen LogP contribution in [-0.2, 0) is 10.0 Å². The molecule has 0 bridgehead atoms. The molecule has 1 heterocycles. The fourth-order valence-electron chi connectivity index (χ4n) is 3.39. The molecule has 0 aliphatic heterocycles. The first-order chi connectivity index (χ1) is 15.4. The molecule has 0 spiro atoms. The Kier molecular flexibility index (Phi) is 6.04. The zero-order chi connectivity index (χ0) is 22.7. The summed E-state index contributed by atoms with van der Waals surface area (Å²) < 4.78 is 27.7. The first kappa shape index (κ1) is 21.7. The van der Waals surface area contributed by atoms with Gasteiger partial charge in [-0.05, 0) is 42.8 Å². The molecule has 0 atom stereocenters. The third-order valence-electron chi connectivity index (χ3n) is 4.97. The molecule has 0 saturated carbocycles. The summed E-state index contributed by atoms with van der Waals surface area (Å²) in [5.74, 6) is 0.708. The second kappa shape index (κ2) is 8.91. The summed E-state index contributed by atoms with van der Waals surface area (Å²) in [6.45, 7) is 1.36. The van der Waals surface area contributed by atoms with Gasteiger partial charge in [0.2, 0.25) is 10.0 Å². The molecule has 0 aliphatic carbocycles. The molecular formula is C23H22N4O4S. The van der Waals surface area contributed by atoms with E-state index in [0.29, 0.717) is 22.6 Å². The minimum absolute atomic E-state index is 0.0631. The van der Waals surface area contributed by atoms with Crippen LogP contribution in [0.2, 0.25) is 0 Å². The van der Waals surface area contributed by atoms with Crippen molar-refractivity contribution in [3.8, 4) is 17.0 Å². The molecule has 0 saturated heterocycles. The molecule has 3 aromatic carbocycles. The number of aromatic hydroxyl groups is 1. The van der Waals surface area contributed by atoms with Crippen molar-refractivity contribution in [2.75, 3.05) is 18.5 Å². The van der Waals surface area contributed by atoms with Crippen molar-refractivity contribution in [1.29, 1.82) is 0 Å². The van der Waals surface area contributed by atoms with Crippen molar-refractivity contribution in [2.45, 2.75) is 11.8 Å². The summed E-state index contributed by atoms with van der Waals surface area (Å²) in [6, 6.07) is 19.3. The van der Waals surface area contributed by atoms with Crippen molar-refractivity contribution < 1.29 is 18.6 Å². The van der Waals surface area contributed by atoms with Gasteiger partial charge in [0.25, 0.3) is 0 Å². The lowest BCUT2D eigenvalue weighted by molar-refractivity contribution is 0.301. The Morgan fingerprint density at radius 2 is 1.66 bits per heavy atom. The summed E-state index contributed by atoms with van der Waals surface area (Å²) in [5, 5.41) is 32.0. The van der Waals surface area contributed by atoms with Crippen molar-refractivity contribution in [3.63, 3.8) is 0 Å². The van der Waals surface area contributed by atoms with E-state index < -0.39 is 10.0 Å². The normalized spacial score (nSPS) is 11.6. The summed E-state index contributed by atoms with van der Waals surface area (Å²) >= 11 is 0. The average molecular weight is 451 g/mol. The number of fused-ring (bicyclic) bond motifs is 1. The lowest BCUT2D eigenvalue weighted by atomic mass is 10.0. The number of rotatable bonds is 7. The Hall–Kier alpha value is -3.53. The molecule has 8 nitrogen and oxygen atoms in total. The molecule has 32 heavy (non-hydrogen) atoms. The minimum atomic E-state index is -3.78. The number of aryl methyl sites for hydroxylation is 1. The number of phenols is 1. The topological polar surface area (TPSA) is 124 Å². The fourth-order valence-corrected chi connectivity index (χ4v) is 4.68. The van der Waals surface area contributed by atoms with E-state index in [1.807, 2.05) is 30.3 Å². The van der Waals surface area contributed by atoms with Crippen LogP contribution in [0.3, 0.4) is 0 Å². The number of benzene rings is 3. The van der Waals surface area contributed by atoms with Gasteiger partial charge in [-0.25, -0.2) is 13.1 Å². The molecule has 0 amide bonds. The second-order valence-corrected chi connectivity index (χ2v) is 8.95. The highest BCUT2D eigenvalue weighted by Crippen LogP contribution is 2.32. The molecule has 0 fully saturated rings. The van der Waals surface area contributed by atoms with Crippen LogP contribution in [0.1, 0.15) is 5.56 Å². The van der Waals surface area contributed by atoms with E-state index in [4.69, 9.17) is 5.11 Å². The maximum Gasteiger partial charge on any atom is 0.240 e. The molecule has 4 rings (SSSR count). The van der Waals surface area contributed by atoms with E-state index in [-0.39, 0.29) is 23.8 Å². The third kappa shape index (κ3) is 4.40. The van der Waals surface area contributed by atoms with Gasteiger partial charge in [0.05, 0.1) is 11.5 Å². The van der Waals surface area contributed by atoms with Crippen LogP contribution < -0.4 is 10.0 Å². The fraction of sp³-hybridized carbons (Fsp3) is 0.130. The smallest absolute Gasteiger partial charge is 0.240 e. The van der Waals surface area contributed by atoms with Crippen LogP contribution in [-0.4, -0.2) is 42.0 Å². The van der Waals surface area contributed by atoms with Crippen LogP contribution in [0.15, 0.2) is 71.6 Å². The number of hydrogen-bond acceptors (Lipinski definition) is 7. The van der Waals surface area contributed by atoms with Crippen molar-refractivity contribution in [3.05, 3.63) is 72.3 Å².